The summed E-state index contributed by atoms with van der Waals surface area (Å²) < 4.78 is 1.93. The first-order chi connectivity index (χ1) is 6.20. The van der Waals surface area contributed by atoms with Gasteiger partial charge >= 0.3 is 0 Å². The van der Waals surface area contributed by atoms with Crippen LogP contribution in [0.25, 0.3) is 0 Å². The van der Waals surface area contributed by atoms with Crippen molar-refractivity contribution in [2.45, 2.75) is 24.3 Å². The number of alkyl halides is 1. The molecule has 4 nitrogen and oxygen atoms in total. The smallest absolute Gasteiger partial charge is 0.241 e. The van der Waals surface area contributed by atoms with Crippen molar-refractivity contribution in [1.82, 2.24) is 9.55 Å². The van der Waals surface area contributed by atoms with Gasteiger partial charge in [-0.05, 0) is 12.8 Å². The number of rotatable bonds is 3. The van der Waals surface area contributed by atoms with Crippen LogP contribution in [0.1, 0.15) is 30.0 Å². The summed E-state index contributed by atoms with van der Waals surface area (Å²) in [6.45, 7) is 0. The molecule has 1 fully saturated rings. The third kappa shape index (κ3) is 1.54. The molecule has 70 valence electrons. The van der Waals surface area contributed by atoms with Crippen molar-refractivity contribution in [1.29, 1.82) is 0 Å². The molecule has 2 rings (SSSR count). The second kappa shape index (κ2) is 3.03. The summed E-state index contributed by atoms with van der Waals surface area (Å²) in [5, 5.41) is -0.761. The Balaban J connectivity index is 2.27. The second-order valence-electron chi connectivity index (χ2n) is 3.22. The van der Waals surface area contributed by atoms with E-state index in [1.807, 2.05) is 4.57 Å². The first kappa shape index (κ1) is 8.56. The SMILES string of the molecule is NC(=O)C(Cl)c1cncn1C1CC1. The van der Waals surface area contributed by atoms with Gasteiger partial charge in [0.05, 0.1) is 18.2 Å². The van der Waals surface area contributed by atoms with Crippen LogP contribution in [-0.2, 0) is 4.79 Å². The minimum Gasteiger partial charge on any atom is -0.368 e. The van der Waals surface area contributed by atoms with Crippen molar-refractivity contribution in [2.24, 2.45) is 5.73 Å². The van der Waals surface area contributed by atoms with Crippen LogP contribution < -0.4 is 5.73 Å². The Bertz CT molecular complexity index is 332. The van der Waals surface area contributed by atoms with Crippen molar-refractivity contribution in [2.75, 3.05) is 0 Å². The van der Waals surface area contributed by atoms with E-state index >= 15 is 0 Å². The normalized spacial score (nSPS) is 18.5. The topological polar surface area (TPSA) is 60.9 Å². The summed E-state index contributed by atoms with van der Waals surface area (Å²) in [4.78, 5) is 14.8. The maximum Gasteiger partial charge on any atom is 0.241 e. The molecule has 1 atom stereocenters. The van der Waals surface area contributed by atoms with E-state index in [9.17, 15) is 4.79 Å². The van der Waals surface area contributed by atoms with Gasteiger partial charge in [-0.3, -0.25) is 4.79 Å². The Hall–Kier alpha value is -1.03. The van der Waals surface area contributed by atoms with E-state index < -0.39 is 11.3 Å². The molecule has 2 N–H and O–H groups in total. The van der Waals surface area contributed by atoms with E-state index in [2.05, 4.69) is 4.98 Å². The molecule has 0 aliphatic heterocycles. The summed E-state index contributed by atoms with van der Waals surface area (Å²) in [6, 6.07) is 0.470. The van der Waals surface area contributed by atoms with Crippen molar-refractivity contribution in [3.05, 3.63) is 18.2 Å². The fourth-order valence-electron chi connectivity index (χ4n) is 1.31. The summed E-state index contributed by atoms with van der Waals surface area (Å²) in [5.41, 5.74) is 5.81. The number of hydrogen-bond acceptors (Lipinski definition) is 2. The van der Waals surface area contributed by atoms with Gasteiger partial charge in [-0.25, -0.2) is 4.98 Å². The van der Waals surface area contributed by atoms with E-state index in [0.717, 1.165) is 12.8 Å². The molecule has 1 aromatic heterocycles. The highest BCUT2D eigenvalue weighted by molar-refractivity contribution is 6.30. The predicted octanol–water partition coefficient (Wildman–Crippen LogP) is 0.983. The number of carbonyl (C=O) groups is 1. The third-order valence-electron chi connectivity index (χ3n) is 2.15. The number of halogens is 1. The number of nitrogens with zero attached hydrogens (tertiary/aromatic N) is 2. The summed E-state index contributed by atoms with van der Waals surface area (Å²) in [6.07, 6.45) is 5.56. The van der Waals surface area contributed by atoms with Gasteiger partial charge < -0.3 is 10.3 Å². The quantitative estimate of drug-likeness (QED) is 0.738. The molecule has 5 heteroatoms. The van der Waals surface area contributed by atoms with Gasteiger partial charge in [0.2, 0.25) is 5.91 Å². The van der Waals surface area contributed by atoms with E-state index in [4.69, 9.17) is 17.3 Å². The van der Waals surface area contributed by atoms with Crippen LogP contribution in [0.3, 0.4) is 0 Å². The Labute approximate surface area is 80.7 Å². The number of hydrogen-bond donors (Lipinski definition) is 1. The zero-order valence-corrected chi connectivity index (χ0v) is 7.74. The molecule has 1 aromatic rings. The zero-order valence-electron chi connectivity index (χ0n) is 6.98. The number of nitrogens with two attached hydrogens (primary N) is 1. The minimum atomic E-state index is -0.761. The minimum absolute atomic E-state index is 0.470. The molecule has 1 unspecified atom stereocenters. The van der Waals surface area contributed by atoms with Crippen LogP contribution in [0.5, 0.6) is 0 Å². The average molecular weight is 200 g/mol. The van der Waals surface area contributed by atoms with E-state index in [1.54, 1.807) is 12.5 Å². The van der Waals surface area contributed by atoms with Gasteiger partial charge in [-0.1, -0.05) is 0 Å². The van der Waals surface area contributed by atoms with Gasteiger partial charge in [0, 0.05) is 6.04 Å². The van der Waals surface area contributed by atoms with Gasteiger partial charge in [0.25, 0.3) is 0 Å². The largest absolute Gasteiger partial charge is 0.368 e. The molecular weight excluding hydrogens is 190 g/mol. The lowest BCUT2D eigenvalue weighted by Crippen LogP contribution is -2.19. The zero-order chi connectivity index (χ0) is 9.42. The van der Waals surface area contributed by atoms with Gasteiger partial charge in [-0.15, -0.1) is 11.6 Å². The molecule has 0 bridgehead atoms. The summed E-state index contributed by atoms with van der Waals surface area (Å²) >= 11 is 5.82. The van der Waals surface area contributed by atoms with E-state index in [1.165, 1.54) is 0 Å². The summed E-state index contributed by atoms with van der Waals surface area (Å²) in [7, 11) is 0. The van der Waals surface area contributed by atoms with Crippen LogP contribution in [0, 0.1) is 0 Å². The van der Waals surface area contributed by atoms with Crippen LogP contribution in [0.4, 0.5) is 0 Å². The van der Waals surface area contributed by atoms with E-state index in [-0.39, 0.29) is 0 Å². The third-order valence-corrected chi connectivity index (χ3v) is 2.58. The number of primary amides is 1. The second-order valence-corrected chi connectivity index (χ2v) is 3.66. The molecule has 1 heterocycles. The van der Waals surface area contributed by atoms with Crippen LogP contribution in [0.2, 0.25) is 0 Å². The lowest BCUT2D eigenvalue weighted by molar-refractivity contribution is -0.117. The van der Waals surface area contributed by atoms with Gasteiger partial charge in [0.15, 0.2) is 5.38 Å². The predicted molar refractivity (Wildman–Crippen MR) is 48.3 cm³/mol. The standard InChI is InChI=1S/C8H10ClN3O/c9-7(8(10)13)6-3-11-4-12(6)5-1-2-5/h3-5,7H,1-2H2,(H2,10,13). The van der Waals surface area contributed by atoms with Crippen molar-refractivity contribution >= 4 is 17.5 Å². The fourth-order valence-corrected chi connectivity index (χ4v) is 1.48. The summed E-state index contributed by atoms with van der Waals surface area (Å²) in [5.74, 6) is -0.524. The fraction of sp³-hybridized carbons (Fsp3) is 0.500. The van der Waals surface area contributed by atoms with Crippen molar-refractivity contribution in [3.8, 4) is 0 Å². The number of imidazole rings is 1. The van der Waals surface area contributed by atoms with Crippen LogP contribution in [0.15, 0.2) is 12.5 Å². The van der Waals surface area contributed by atoms with Gasteiger partial charge in [0.1, 0.15) is 0 Å². The monoisotopic (exact) mass is 199 g/mol. The number of carbonyl (C=O) groups excluding carboxylic acids is 1. The number of amides is 1. The Morgan fingerprint density at radius 2 is 2.46 bits per heavy atom. The molecule has 1 amide bonds. The Morgan fingerprint density at radius 3 is 3.00 bits per heavy atom. The molecule has 1 saturated carbocycles. The molecule has 0 aromatic carbocycles. The van der Waals surface area contributed by atoms with Crippen molar-refractivity contribution < 1.29 is 4.79 Å². The maximum absolute atomic E-state index is 10.8. The van der Waals surface area contributed by atoms with Crippen LogP contribution >= 0.6 is 11.6 Å². The lowest BCUT2D eigenvalue weighted by Gasteiger charge is -2.08. The average Bonchev–Trinajstić information content (AvgIpc) is 2.83. The highest BCUT2D eigenvalue weighted by Crippen LogP contribution is 2.37. The molecule has 0 radical (unpaired) electrons. The number of aromatic nitrogens is 2. The highest BCUT2D eigenvalue weighted by Gasteiger charge is 2.28. The molecule has 0 spiro atoms. The Kier molecular flexibility index (Phi) is 2.00. The van der Waals surface area contributed by atoms with Crippen LogP contribution in [-0.4, -0.2) is 15.5 Å². The molecule has 13 heavy (non-hydrogen) atoms. The van der Waals surface area contributed by atoms with Gasteiger partial charge in [-0.2, -0.15) is 0 Å². The first-order valence-electron chi connectivity index (χ1n) is 4.15. The highest BCUT2D eigenvalue weighted by atomic mass is 35.5. The molecular formula is C8H10ClN3O. The van der Waals surface area contributed by atoms with Crippen molar-refractivity contribution in [3.63, 3.8) is 0 Å². The first-order valence-corrected chi connectivity index (χ1v) is 4.59. The lowest BCUT2D eigenvalue weighted by atomic mass is 10.3. The molecule has 0 saturated heterocycles. The van der Waals surface area contributed by atoms with E-state index in [0.29, 0.717) is 11.7 Å². The molecule has 1 aliphatic carbocycles. The maximum atomic E-state index is 10.8. The Morgan fingerprint density at radius 1 is 1.77 bits per heavy atom. The molecule has 1 aliphatic rings.